The Hall–Kier alpha value is -1.91. The number of anilines is 1. The number of H-pyrrole nitrogens is 1. The first-order valence-corrected chi connectivity index (χ1v) is 5.95. The molecule has 17 heavy (non-hydrogen) atoms. The van der Waals surface area contributed by atoms with Crippen molar-refractivity contribution in [3.05, 3.63) is 36.5 Å². The van der Waals surface area contributed by atoms with E-state index in [1.807, 2.05) is 24.5 Å². The van der Waals surface area contributed by atoms with Crippen molar-refractivity contribution in [2.75, 3.05) is 18.0 Å². The van der Waals surface area contributed by atoms with Crippen LogP contribution < -0.4 is 4.90 Å². The second-order valence-electron chi connectivity index (χ2n) is 4.31. The Bertz CT molecular complexity index is 445. The highest BCUT2D eigenvalue weighted by molar-refractivity contribution is 5.37. The van der Waals surface area contributed by atoms with Gasteiger partial charge in [0.2, 0.25) is 0 Å². The van der Waals surface area contributed by atoms with E-state index >= 15 is 0 Å². The maximum Gasteiger partial charge on any atom is 0.131 e. The van der Waals surface area contributed by atoms with Gasteiger partial charge in [-0.05, 0) is 18.9 Å². The summed E-state index contributed by atoms with van der Waals surface area (Å²) in [6.45, 7) is 2.07. The lowest BCUT2D eigenvalue weighted by molar-refractivity contribution is 0.483. The van der Waals surface area contributed by atoms with Crippen LogP contribution in [0.25, 0.3) is 0 Å². The Labute approximate surface area is 99.9 Å². The maximum absolute atomic E-state index is 4.34. The average molecular weight is 229 g/mol. The van der Waals surface area contributed by atoms with Gasteiger partial charge < -0.3 is 4.90 Å². The van der Waals surface area contributed by atoms with Crippen LogP contribution in [0.5, 0.6) is 0 Å². The molecule has 1 aliphatic rings. The number of rotatable bonds is 2. The molecule has 1 aliphatic heterocycles. The summed E-state index contributed by atoms with van der Waals surface area (Å²) in [5.74, 6) is 2.59. The average Bonchev–Trinajstić information content (AvgIpc) is 2.94. The van der Waals surface area contributed by atoms with Crippen LogP contribution >= 0.6 is 0 Å². The van der Waals surface area contributed by atoms with Crippen LogP contribution in [0.2, 0.25) is 0 Å². The Balaban J connectivity index is 1.65. The number of nitrogens with zero attached hydrogens (tertiary/aromatic N) is 4. The molecule has 0 amide bonds. The Morgan fingerprint density at radius 1 is 1.12 bits per heavy atom. The monoisotopic (exact) mass is 229 g/mol. The van der Waals surface area contributed by atoms with E-state index < -0.39 is 0 Å². The van der Waals surface area contributed by atoms with E-state index in [2.05, 4.69) is 25.1 Å². The predicted octanol–water partition coefficient (Wildman–Crippen LogP) is 1.58. The molecule has 2 aromatic heterocycles. The quantitative estimate of drug-likeness (QED) is 0.849. The van der Waals surface area contributed by atoms with Crippen LogP contribution in [0, 0.1) is 0 Å². The topological polar surface area (TPSA) is 57.7 Å². The third-order valence-corrected chi connectivity index (χ3v) is 3.27. The van der Waals surface area contributed by atoms with Gasteiger partial charge in [-0.3, -0.25) is 5.10 Å². The van der Waals surface area contributed by atoms with Gasteiger partial charge in [0.15, 0.2) is 0 Å². The summed E-state index contributed by atoms with van der Waals surface area (Å²) in [6.07, 6.45) is 7.64. The van der Waals surface area contributed by atoms with Gasteiger partial charge >= 0.3 is 0 Å². The SMILES string of the molecule is c1cnc(C2CCN(c3ccn[nH]3)CC2)nc1. The van der Waals surface area contributed by atoms with Gasteiger partial charge in [0.1, 0.15) is 11.6 Å². The molecule has 0 saturated carbocycles. The minimum atomic E-state index is 0.496. The molecule has 0 atom stereocenters. The molecule has 3 heterocycles. The normalized spacial score (nSPS) is 17.3. The molecule has 5 heteroatoms. The highest BCUT2D eigenvalue weighted by Crippen LogP contribution is 2.27. The number of hydrogen-bond acceptors (Lipinski definition) is 4. The number of hydrogen-bond donors (Lipinski definition) is 1. The zero-order chi connectivity index (χ0) is 11.5. The van der Waals surface area contributed by atoms with Crippen molar-refractivity contribution in [1.82, 2.24) is 20.2 Å². The summed E-state index contributed by atoms with van der Waals surface area (Å²) in [7, 11) is 0. The standard InChI is InChI=1S/C12H15N5/c1-5-13-12(14-6-1)10-3-8-17(9-4-10)11-2-7-15-16-11/h1-2,5-7,10H,3-4,8-9H2,(H,15,16). The first-order chi connectivity index (χ1) is 8.43. The molecule has 3 rings (SSSR count). The summed E-state index contributed by atoms with van der Waals surface area (Å²) in [6, 6.07) is 3.88. The van der Waals surface area contributed by atoms with E-state index in [0.717, 1.165) is 37.6 Å². The second kappa shape index (κ2) is 4.53. The largest absolute Gasteiger partial charge is 0.357 e. The van der Waals surface area contributed by atoms with E-state index in [4.69, 9.17) is 0 Å². The van der Waals surface area contributed by atoms with E-state index in [1.54, 1.807) is 6.20 Å². The summed E-state index contributed by atoms with van der Waals surface area (Å²) in [5, 5.41) is 6.99. The number of aromatic nitrogens is 4. The van der Waals surface area contributed by atoms with Gasteiger partial charge in [-0.2, -0.15) is 5.10 Å². The molecule has 0 radical (unpaired) electrons. The molecule has 5 nitrogen and oxygen atoms in total. The van der Waals surface area contributed by atoms with E-state index in [1.165, 1.54) is 0 Å². The Morgan fingerprint density at radius 3 is 2.53 bits per heavy atom. The molecule has 0 aliphatic carbocycles. The van der Waals surface area contributed by atoms with Gasteiger partial charge in [0.05, 0.1) is 6.20 Å². The third kappa shape index (κ3) is 2.13. The molecule has 0 spiro atoms. The van der Waals surface area contributed by atoms with Crippen molar-refractivity contribution < 1.29 is 0 Å². The zero-order valence-electron chi connectivity index (χ0n) is 9.58. The fourth-order valence-electron chi connectivity index (χ4n) is 2.32. The molecule has 0 aromatic carbocycles. The highest BCUT2D eigenvalue weighted by atomic mass is 15.3. The van der Waals surface area contributed by atoms with Crippen LogP contribution in [0.1, 0.15) is 24.6 Å². The number of aromatic amines is 1. The van der Waals surface area contributed by atoms with E-state index in [-0.39, 0.29) is 0 Å². The van der Waals surface area contributed by atoms with Crippen molar-refractivity contribution in [3.8, 4) is 0 Å². The van der Waals surface area contributed by atoms with Crippen molar-refractivity contribution in [2.45, 2.75) is 18.8 Å². The van der Waals surface area contributed by atoms with Gasteiger partial charge in [-0.25, -0.2) is 9.97 Å². The summed E-state index contributed by atoms with van der Waals surface area (Å²) >= 11 is 0. The van der Waals surface area contributed by atoms with Crippen LogP contribution in [0.15, 0.2) is 30.7 Å². The van der Waals surface area contributed by atoms with Gasteiger partial charge in [0.25, 0.3) is 0 Å². The molecule has 2 aromatic rings. The molecule has 88 valence electrons. The number of nitrogens with one attached hydrogen (secondary N) is 1. The lowest BCUT2D eigenvalue weighted by atomic mass is 9.96. The lowest BCUT2D eigenvalue weighted by Crippen LogP contribution is -2.33. The van der Waals surface area contributed by atoms with Crippen molar-refractivity contribution >= 4 is 5.82 Å². The molecule has 1 saturated heterocycles. The molecule has 0 bridgehead atoms. The van der Waals surface area contributed by atoms with Crippen LogP contribution in [0.3, 0.4) is 0 Å². The van der Waals surface area contributed by atoms with Gasteiger partial charge in [0, 0.05) is 37.5 Å². The lowest BCUT2D eigenvalue weighted by Gasteiger charge is -2.31. The fourth-order valence-corrected chi connectivity index (χ4v) is 2.32. The molecule has 1 N–H and O–H groups in total. The third-order valence-electron chi connectivity index (χ3n) is 3.27. The number of piperidine rings is 1. The first-order valence-electron chi connectivity index (χ1n) is 5.95. The second-order valence-corrected chi connectivity index (χ2v) is 4.31. The molecule has 1 fully saturated rings. The van der Waals surface area contributed by atoms with Crippen molar-refractivity contribution in [3.63, 3.8) is 0 Å². The van der Waals surface area contributed by atoms with Crippen LogP contribution in [-0.4, -0.2) is 33.3 Å². The summed E-state index contributed by atoms with van der Waals surface area (Å²) < 4.78 is 0. The summed E-state index contributed by atoms with van der Waals surface area (Å²) in [4.78, 5) is 11.0. The molecule has 0 unspecified atom stereocenters. The minimum Gasteiger partial charge on any atom is -0.357 e. The highest BCUT2D eigenvalue weighted by Gasteiger charge is 2.22. The smallest absolute Gasteiger partial charge is 0.131 e. The minimum absolute atomic E-state index is 0.496. The summed E-state index contributed by atoms with van der Waals surface area (Å²) in [5.41, 5.74) is 0. The molecular formula is C12H15N5. The zero-order valence-corrected chi connectivity index (χ0v) is 9.58. The van der Waals surface area contributed by atoms with Crippen molar-refractivity contribution in [2.24, 2.45) is 0 Å². The predicted molar refractivity (Wildman–Crippen MR) is 64.8 cm³/mol. The van der Waals surface area contributed by atoms with Gasteiger partial charge in [-0.1, -0.05) is 0 Å². The van der Waals surface area contributed by atoms with Crippen LogP contribution in [-0.2, 0) is 0 Å². The fraction of sp³-hybridized carbons (Fsp3) is 0.417. The first kappa shape index (κ1) is 10.3. The maximum atomic E-state index is 4.34. The Kier molecular flexibility index (Phi) is 2.73. The Morgan fingerprint density at radius 2 is 1.88 bits per heavy atom. The van der Waals surface area contributed by atoms with E-state index in [0.29, 0.717) is 5.92 Å². The van der Waals surface area contributed by atoms with Gasteiger partial charge in [-0.15, -0.1) is 0 Å². The van der Waals surface area contributed by atoms with E-state index in [9.17, 15) is 0 Å². The molecular weight excluding hydrogens is 214 g/mol. The van der Waals surface area contributed by atoms with Crippen LogP contribution in [0.4, 0.5) is 5.82 Å². The van der Waals surface area contributed by atoms with Crippen molar-refractivity contribution in [1.29, 1.82) is 0 Å².